The number of anilines is 1. The smallest absolute Gasteiger partial charge is 0.256 e. The molecule has 2 atom stereocenters. The largest absolute Gasteiger partial charge is 0.397 e. The molecule has 2 heterocycles. The number of benzene rings is 1. The molecule has 21 heavy (non-hydrogen) atoms. The highest BCUT2D eigenvalue weighted by atomic mass is 35.5. The van der Waals surface area contributed by atoms with E-state index >= 15 is 0 Å². The van der Waals surface area contributed by atoms with Gasteiger partial charge in [0, 0.05) is 19.1 Å². The van der Waals surface area contributed by atoms with Crippen molar-refractivity contribution in [1.29, 1.82) is 0 Å². The van der Waals surface area contributed by atoms with Crippen LogP contribution in [-0.4, -0.2) is 48.4 Å². The number of nitrogen functional groups attached to an aromatic ring is 1. The van der Waals surface area contributed by atoms with Crippen LogP contribution in [0.1, 0.15) is 29.6 Å². The fraction of sp³-hybridized carbons (Fsp3) is 0.562. The molecule has 0 aliphatic carbocycles. The van der Waals surface area contributed by atoms with Gasteiger partial charge in [-0.15, -0.1) is 0 Å². The van der Waals surface area contributed by atoms with E-state index < -0.39 is 0 Å². The second kappa shape index (κ2) is 5.85. The van der Waals surface area contributed by atoms with E-state index in [-0.39, 0.29) is 5.91 Å². The monoisotopic (exact) mass is 307 g/mol. The lowest BCUT2D eigenvalue weighted by atomic mass is 9.84. The third-order valence-electron chi connectivity index (χ3n) is 4.92. The van der Waals surface area contributed by atoms with E-state index in [9.17, 15) is 4.79 Å². The first-order valence-corrected chi connectivity index (χ1v) is 7.99. The Morgan fingerprint density at radius 3 is 2.95 bits per heavy atom. The van der Waals surface area contributed by atoms with Gasteiger partial charge in [-0.25, -0.2) is 0 Å². The van der Waals surface area contributed by atoms with Crippen LogP contribution in [0.4, 0.5) is 5.69 Å². The molecule has 0 aromatic heterocycles. The Labute approximate surface area is 130 Å². The van der Waals surface area contributed by atoms with Crippen molar-refractivity contribution in [1.82, 2.24) is 9.80 Å². The predicted octanol–water partition coefficient (Wildman–Crippen LogP) is 2.48. The number of piperidine rings is 2. The minimum absolute atomic E-state index is 0.0154. The number of nitrogens with two attached hydrogens (primary N) is 1. The SMILES string of the molecule is CN1CCCC2CN(C(=O)c3cccc(Cl)c3N)CCC21. The summed E-state index contributed by atoms with van der Waals surface area (Å²) in [6.45, 7) is 2.81. The molecule has 2 aliphatic rings. The first-order valence-electron chi connectivity index (χ1n) is 7.61. The van der Waals surface area contributed by atoms with Gasteiger partial charge < -0.3 is 15.5 Å². The van der Waals surface area contributed by atoms with E-state index in [1.165, 1.54) is 19.4 Å². The van der Waals surface area contributed by atoms with E-state index in [0.29, 0.717) is 28.2 Å². The molecular formula is C16H22ClN3O. The zero-order valence-corrected chi connectivity index (χ0v) is 13.1. The zero-order chi connectivity index (χ0) is 15.0. The van der Waals surface area contributed by atoms with Crippen LogP contribution < -0.4 is 5.73 Å². The van der Waals surface area contributed by atoms with Crippen LogP contribution in [0.3, 0.4) is 0 Å². The van der Waals surface area contributed by atoms with Crippen LogP contribution in [0.2, 0.25) is 5.02 Å². The molecule has 0 saturated carbocycles. The normalized spacial score (nSPS) is 26.5. The summed E-state index contributed by atoms with van der Waals surface area (Å²) in [5, 5.41) is 0.452. The second-order valence-corrected chi connectivity index (χ2v) is 6.60. The molecule has 0 bridgehead atoms. The first kappa shape index (κ1) is 14.7. The van der Waals surface area contributed by atoms with E-state index in [1.807, 2.05) is 4.90 Å². The van der Waals surface area contributed by atoms with Crippen LogP contribution in [0.5, 0.6) is 0 Å². The molecule has 0 spiro atoms. The molecule has 4 nitrogen and oxygen atoms in total. The molecule has 114 valence electrons. The molecule has 1 aromatic rings. The van der Waals surface area contributed by atoms with E-state index in [4.69, 9.17) is 17.3 Å². The van der Waals surface area contributed by atoms with Gasteiger partial charge in [-0.3, -0.25) is 4.79 Å². The van der Waals surface area contributed by atoms with Crippen molar-refractivity contribution in [2.24, 2.45) is 5.92 Å². The minimum Gasteiger partial charge on any atom is -0.397 e. The van der Waals surface area contributed by atoms with Crippen LogP contribution >= 0.6 is 11.6 Å². The number of rotatable bonds is 1. The summed E-state index contributed by atoms with van der Waals surface area (Å²) in [5.41, 5.74) is 6.88. The van der Waals surface area contributed by atoms with Crippen molar-refractivity contribution >= 4 is 23.2 Å². The molecule has 5 heteroatoms. The van der Waals surface area contributed by atoms with Crippen LogP contribution in [0.25, 0.3) is 0 Å². The number of hydrogen-bond donors (Lipinski definition) is 1. The third kappa shape index (κ3) is 2.74. The third-order valence-corrected chi connectivity index (χ3v) is 5.25. The maximum Gasteiger partial charge on any atom is 0.256 e. The number of carbonyl (C=O) groups excluding carboxylic acids is 1. The highest BCUT2D eigenvalue weighted by Crippen LogP contribution is 2.31. The quantitative estimate of drug-likeness (QED) is 0.811. The number of carbonyl (C=O) groups is 1. The fourth-order valence-corrected chi connectivity index (χ4v) is 3.91. The van der Waals surface area contributed by atoms with Gasteiger partial charge in [-0.05, 0) is 50.9 Å². The van der Waals surface area contributed by atoms with Crippen LogP contribution in [-0.2, 0) is 0 Å². The Kier molecular flexibility index (Phi) is 4.09. The Morgan fingerprint density at radius 2 is 2.14 bits per heavy atom. The predicted molar refractivity (Wildman–Crippen MR) is 85.5 cm³/mol. The van der Waals surface area contributed by atoms with Crippen molar-refractivity contribution in [3.63, 3.8) is 0 Å². The average Bonchev–Trinajstić information content (AvgIpc) is 2.49. The molecule has 1 amide bonds. The number of likely N-dealkylation sites (tertiary alicyclic amines) is 2. The molecular weight excluding hydrogens is 286 g/mol. The number of para-hydroxylation sites is 1. The summed E-state index contributed by atoms with van der Waals surface area (Å²) in [6, 6.07) is 5.89. The van der Waals surface area contributed by atoms with Gasteiger partial charge >= 0.3 is 0 Å². The van der Waals surface area contributed by atoms with Crippen molar-refractivity contribution in [3.05, 3.63) is 28.8 Å². The van der Waals surface area contributed by atoms with Crippen molar-refractivity contribution < 1.29 is 4.79 Å². The standard InChI is InChI=1S/C16H22ClN3O/c1-19-8-3-4-11-10-20(9-7-14(11)19)16(21)12-5-2-6-13(17)15(12)18/h2,5-6,11,14H,3-4,7-10,18H2,1H3. The number of fused-ring (bicyclic) bond motifs is 1. The molecule has 2 unspecified atom stereocenters. The summed E-state index contributed by atoms with van der Waals surface area (Å²) in [6.07, 6.45) is 3.48. The maximum absolute atomic E-state index is 12.7. The maximum atomic E-state index is 12.7. The van der Waals surface area contributed by atoms with Gasteiger partial charge in [0.1, 0.15) is 0 Å². The highest BCUT2D eigenvalue weighted by molar-refractivity contribution is 6.33. The van der Waals surface area contributed by atoms with Crippen LogP contribution in [0, 0.1) is 5.92 Å². The van der Waals surface area contributed by atoms with Gasteiger partial charge in [0.15, 0.2) is 0 Å². The summed E-state index contributed by atoms with van der Waals surface area (Å²) in [7, 11) is 2.20. The molecule has 2 N–H and O–H groups in total. The lowest BCUT2D eigenvalue weighted by Gasteiger charge is -2.46. The minimum atomic E-state index is 0.0154. The van der Waals surface area contributed by atoms with E-state index in [0.717, 1.165) is 19.5 Å². The molecule has 2 saturated heterocycles. The number of nitrogens with zero attached hydrogens (tertiary/aromatic N) is 2. The van der Waals surface area contributed by atoms with E-state index in [1.54, 1.807) is 18.2 Å². The highest BCUT2D eigenvalue weighted by Gasteiger charge is 2.36. The van der Waals surface area contributed by atoms with Gasteiger partial charge in [-0.2, -0.15) is 0 Å². The zero-order valence-electron chi connectivity index (χ0n) is 12.4. The summed E-state index contributed by atoms with van der Waals surface area (Å²) in [5.74, 6) is 0.600. The number of hydrogen-bond acceptors (Lipinski definition) is 3. The van der Waals surface area contributed by atoms with Crippen LogP contribution in [0.15, 0.2) is 18.2 Å². The average molecular weight is 308 g/mol. The topological polar surface area (TPSA) is 49.6 Å². The summed E-state index contributed by atoms with van der Waals surface area (Å²) >= 11 is 6.02. The second-order valence-electron chi connectivity index (χ2n) is 6.19. The molecule has 0 radical (unpaired) electrons. The van der Waals surface area contributed by atoms with E-state index in [2.05, 4.69) is 11.9 Å². The van der Waals surface area contributed by atoms with Gasteiger partial charge in [0.05, 0.1) is 16.3 Å². The van der Waals surface area contributed by atoms with Gasteiger partial charge in [-0.1, -0.05) is 17.7 Å². The Balaban J connectivity index is 1.76. The van der Waals surface area contributed by atoms with Crippen molar-refractivity contribution in [3.8, 4) is 0 Å². The van der Waals surface area contributed by atoms with Gasteiger partial charge in [0.25, 0.3) is 5.91 Å². The molecule has 3 rings (SSSR count). The lowest BCUT2D eigenvalue weighted by Crippen LogP contribution is -2.53. The fourth-order valence-electron chi connectivity index (χ4n) is 3.73. The number of amides is 1. The lowest BCUT2D eigenvalue weighted by molar-refractivity contribution is 0.0317. The molecule has 1 aromatic carbocycles. The Morgan fingerprint density at radius 1 is 1.33 bits per heavy atom. The van der Waals surface area contributed by atoms with Gasteiger partial charge in [0.2, 0.25) is 0 Å². The summed E-state index contributed by atoms with van der Waals surface area (Å²) in [4.78, 5) is 17.1. The first-order chi connectivity index (χ1) is 10.1. The molecule has 2 aliphatic heterocycles. The summed E-state index contributed by atoms with van der Waals surface area (Å²) < 4.78 is 0. The van der Waals surface area contributed by atoms with Crippen molar-refractivity contribution in [2.45, 2.75) is 25.3 Å². The number of halogens is 1. The Hall–Kier alpha value is -1.26. The van der Waals surface area contributed by atoms with Crippen molar-refractivity contribution in [2.75, 3.05) is 32.4 Å². The Bertz CT molecular complexity index is 548. The molecule has 2 fully saturated rings.